The summed E-state index contributed by atoms with van der Waals surface area (Å²) in [6.45, 7) is 4.36. The minimum absolute atomic E-state index is 0.00242. The van der Waals surface area contributed by atoms with E-state index in [9.17, 15) is 5.11 Å². The van der Waals surface area contributed by atoms with Gasteiger partial charge in [0.25, 0.3) is 0 Å². The Morgan fingerprint density at radius 2 is 2.06 bits per heavy atom. The van der Waals surface area contributed by atoms with Gasteiger partial charge >= 0.3 is 0 Å². The van der Waals surface area contributed by atoms with Crippen molar-refractivity contribution in [1.82, 2.24) is 9.78 Å². The molecule has 92 valence electrons. The van der Waals surface area contributed by atoms with E-state index in [1.54, 1.807) is 6.07 Å². The Kier molecular flexibility index (Phi) is 3.45. The molecule has 2 rings (SSSR count). The van der Waals surface area contributed by atoms with E-state index in [-0.39, 0.29) is 6.61 Å². The van der Waals surface area contributed by atoms with Crippen LogP contribution in [-0.2, 0) is 13.2 Å². The summed E-state index contributed by atoms with van der Waals surface area (Å²) in [6.07, 6.45) is 0. The Bertz CT molecular complexity index is 608. The van der Waals surface area contributed by atoms with Crippen molar-refractivity contribution in [2.24, 2.45) is 0 Å². The maximum absolute atomic E-state index is 9.27. The molecule has 4 nitrogen and oxygen atoms in total. The molecule has 0 saturated heterocycles. The van der Waals surface area contributed by atoms with E-state index in [1.807, 2.05) is 36.7 Å². The third-order valence-corrected chi connectivity index (χ3v) is 3.15. The first-order chi connectivity index (χ1) is 8.67. The molecule has 0 fully saturated rings. The number of hydrogen-bond donors (Lipinski definition) is 1. The van der Waals surface area contributed by atoms with E-state index in [0.717, 1.165) is 22.5 Å². The smallest absolute Gasteiger partial charge is 0.0995 e. The molecule has 1 N–H and O–H groups in total. The molecule has 0 spiro atoms. The lowest BCUT2D eigenvalue weighted by Gasteiger charge is -2.06. The molecular formula is C14H15N3O. The second-order valence-corrected chi connectivity index (χ2v) is 4.23. The van der Waals surface area contributed by atoms with Gasteiger partial charge in [-0.3, -0.25) is 4.68 Å². The van der Waals surface area contributed by atoms with Gasteiger partial charge in [0.1, 0.15) is 0 Å². The number of benzene rings is 1. The van der Waals surface area contributed by atoms with E-state index in [4.69, 9.17) is 5.26 Å². The number of nitriles is 1. The summed E-state index contributed by atoms with van der Waals surface area (Å²) in [5.41, 5.74) is 4.25. The third kappa shape index (κ3) is 2.13. The highest BCUT2D eigenvalue weighted by atomic mass is 16.3. The summed E-state index contributed by atoms with van der Waals surface area (Å²) in [4.78, 5) is 0. The van der Waals surface area contributed by atoms with Gasteiger partial charge < -0.3 is 5.11 Å². The molecule has 0 unspecified atom stereocenters. The van der Waals surface area contributed by atoms with Gasteiger partial charge in [-0.15, -0.1) is 0 Å². The van der Waals surface area contributed by atoms with Gasteiger partial charge in [0.2, 0.25) is 0 Å². The van der Waals surface area contributed by atoms with E-state index < -0.39 is 0 Å². The summed E-state index contributed by atoms with van der Waals surface area (Å²) in [7, 11) is 0. The minimum Gasteiger partial charge on any atom is -0.392 e. The zero-order chi connectivity index (χ0) is 13.1. The zero-order valence-corrected chi connectivity index (χ0v) is 10.5. The monoisotopic (exact) mass is 241 g/mol. The summed E-state index contributed by atoms with van der Waals surface area (Å²) in [6, 6.07) is 9.67. The van der Waals surface area contributed by atoms with Crippen molar-refractivity contribution in [3.8, 4) is 6.07 Å². The number of aliphatic hydroxyl groups is 1. The number of aliphatic hydroxyl groups excluding tert-OH is 1. The van der Waals surface area contributed by atoms with Crippen molar-refractivity contribution in [2.45, 2.75) is 27.0 Å². The second-order valence-electron chi connectivity index (χ2n) is 4.23. The van der Waals surface area contributed by atoms with Crippen LogP contribution in [0.4, 0.5) is 0 Å². The second kappa shape index (κ2) is 5.03. The highest BCUT2D eigenvalue weighted by Gasteiger charge is 2.11. The van der Waals surface area contributed by atoms with Gasteiger partial charge in [-0.1, -0.05) is 18.2 Å². The lowest BCUT2D eigenvalue weighted by molar-refractivity contribution is 0.280. The summed E-state index contributed by atoms with van der Waals surface area (Å²) >= 11 is 0. The fourth-order valence-corrected chi connectivity index (χ4v) is 2.05. The molecule has 0 atom stereocenters. The molecule has 1 aromatic heterocycles. The molecule has 18 heavy (non-hydrogen) atoms. The molecule has 0 amide bonds. The maximum atomic E-state index is 9.27. The van der Waals surface area contributed by atoms with Gasteiger partial charge in [0.15, 0.2) is 0 Å². The van der Waals surface area contributed by atoms with Gasteiger partial charge in [-0.2, -0.15) is 10.4 Å². The topological polar surface area (TPSA) is 61.8 Å². The van der Waals surface area contributed by atoms with E-state index >= 15 is 0 Å². The van der Waals surface area contributed by atoms with Crippen LogP contribution in [0.5, 0.6) is 0 Å². The van der Waals surface area contributed by atoms with Gasteiger partial charge in [0, 0.05) is 11.3 Å². The van der Waals surface area contributed by atoms with Crippen LogP contribution in [0, 0.1) is 25.2 Å². The quantitative estimate of drug-likeness (QED) is 0.892. The average molecular weight is 241 g/mol. The molecule has 1 aromatic carbocycles. The fourth-order valence-electron chi connectivity index (χ4n) is 2.05. The van der Waals surface area contributed by atoms with Crippen LogP contribution in [0.15, 0.2) is 24.3 Å². The van der Waals surface area contributed by atoms with Crippen molar-refractivity contribution in [3.63, 3.8) is 0 Å². The lowest BCUT2D eigenvalue weighted by Crippen LogP contribution is -2.06. The normalized spacial score (nSPS) is 10.3. The average Bonchev–Trinajstić information content (AvgIpc) is 2.65. The number of aryl methyl sites for hydroxylation is 1. The number of aromatic nitrogens is 2. The van der Waals surface area contributed by atoms with Crippen molar-refractivity contribution in [3.05, 3.63) is 52.3 Å². The molecule has 2 aromatic rings. The van der Waals surface area contributed by atoms with Crippen molar-refractivity contribution < 1.29 is 5.11 Å². The SMILES string of the molecule is Cc1nn(Cc2ccccc2C#N)c(C)c1CO. The van der Waals surface area contributed by atoms with E-state index in [1.165, 1.54) is 0 Å². The Labute approximate surface area is 106 Å². The zero-order valence-electron chi connectivity index (χ0n) is 10.5. The van der Waals surface area contributed by atoms with Crippen LogP contribution in [0.25, 0.3) is 0 Å². The lowest BCUT2D eigenvalue weighted by atomic mass is 10.1. The van der Waals surface area contributed by atoms with Crippen LogP contribution in [-0.4, -0.2) is 14.9 Å². The van der Waals surface area contributed by atoms with Crippen LogP contribution in [0.3, 0.4) is 0 Å². The highest BCUT2D eigenvalue weighted by Crippen LogP contribution is 2.16. The molecule has 4 heteroatoms. The summed E-state index contributed by atoms with van der Waals surface area (Å²) in [5.74, 6) is 0. The molecule has 0 aliphatic carbocycles. The molecule has 0 aliphatic heterocycles. The first-order valence-electron chi connectivity index (χ1n) is 5.79. The van der Waals surface area contributed by atoms with Gasteiger partial charge in [0.05, 0.1) is 30.5 Å². The Hall–Kier alpha value is -2.12. The highest BCUT2D eigenvalue weighted by molar-refractivity contribution is 5.37. The molecule has 0 radical (unpaired) electrons. The fraction of sp³-hybridized carbons (Fsp3) is 0.286. The first kappa shape index (κ1) is 12.3. The maximum Gasteiger partial charge on any atom is 0.0995 e. The van der Waals surface area contributed by atoms with Crippen molar-refractivity contribution >= 4 is 0 Å². The van der Waals surface area contributed by atoms with Crippen molar-refractivity contribution in [2.75, 3.05) is 0 Å². The molecule has 0 saturated carbocycles. The van der Waals surface area contributed by atoms with E-state index in [0.29, 0.717) is 12.1 Å². The Morgan fingerprint density at radius 1 is 1.33 bits per heavy atom. The first-order valence-corrected chi connectivity index (χ1v) is 5.79. The Morgan fingerprint density at radius 3 is 2.67 bits per heavy atom. The van der Waals surface area contributed by atoms with Crippen LogP contribution < -0.4 is 0 Å². The minimum atomic E-state index is -0.00242. The summed E-state index contributed by atoms with van der Waals surface area (Å²) < 4.78 is 1.83. The molecule has 1 heterocycles. The largest absolute Gasteiger partial charge is 0.392 e. The number of nitrogens with zero attached hydrogens (tertiary/aromatic N) is 3. The predicted molar refractivity (Wildman–Crippen MR) is 67.9 cm³/mol. The predicted octanol–water partition coefficient (Wildman–Crippen LogP) is 1.91. The van der Waals surface area contributed by atoms with Crippen molar-refractivity contribution in [1.29, 1.82) is 5.26 Å². The van der Waals surface area contributed by atoms with Gasteiger partial charge in [-0.05, 0) is 25.5 Å². The summed E-state index contributed by atoms with van der Waals surface area (Å²) in [5, 5.41) is 22.7. The standard InChI is InChI=1S/C14H15N3O/c1-10-14(9-18)11(2)17(16-10)8-13-6-4-3-5-12(13)7-15/h3-6,18H,8-9H2,1-2H3. The number of hydrogen-bond acceptors (Lipinski definition) is 3. The van der Waals surface area contributed by atoms with Crippen LogP contribution in [0.2, 0.25) is 0 Å². The van der Waals surface area contributed by atoms with E-state index in [2.05, 4.69) is 11.2 Å². The molecule has 0 aliphatic rings. The third-order valence-electron chi connectivity index (χ3n) is 3.15. The molecule has 0 bridgehead atoms. The Balaban J connectivity index is 2.38. The van der Waals surface area contributed by atoms with Crippen LogP contribution >= 0.6 is 0 Å². The number of rotatable bonds is 3. The van der Waals surface area contributed by atoms with Crippen LogP contribution in [0.1, 0.15) is 28.1 Å². The van der Waals surface area contributed by atoms with Gasteiger partial charge in [-0.25, -0.2) is 0 Å². The molecular weight excluding hydrogens is 226 g/mol.